The van der Waals surface area contributed by atoms with Crippen LogP contribution >= 0.6 is 0 Å². The maximum atomic E-state index is 6.97. The van der Waals surface area contributed by atoms with Gasteiger partial charge in [-0.05, 0) is 10.4 Å². The van der Waals surface area contributed by atoms with Crippen molar-refractivity contribution in [2.45, 2.75) is 0 Å². The molecule has 0 fully saturated rings. The molecule has 0 saturated carbocycles. The maximum absolute atomic E-state index is 6.97. The first kappa shape index (κ1) is 29.5. The lowest BCUT2D eigenvalue weighted by molar-refractivity contribution is 0.158. The summed E-state index contributed by atoms with van der Waals surface area (Å²) in [5.41, 5.74) is 0. The van der Waals surface area contributed by atoms with E-state index in [1.807, 2.05) is 121 Å². The lowest BCUT2D eigenvalue weighted by Crippen LogP contribution is -2.65. The van der Waals surface area contributed by atoms with Crippen LogP contribution in [0.2, 0.25) is 0 Å². The van der Waals surface area contributed by atoms with Crippen molar-refractivity contribution >= 4 is 56.9 Å². The van der Waals surface area contributed by atoms with Crippen LogP contribution in [0, 0.1) is 0 Å². The molecule has 0 aliphatic carbocycles. The van der Waals surface area contributed by atoms with Gasteiger partial charge in [-0.1, -0.05) is 121 Å². The molecule has 11 heteroatoms. The molecule has 0 saturated heterocycles. The Bertz CT molecular complexity index is 1150. The quantitative estimate of drug-likeness (QED) is 0.206. The van der Waals surface area contributed by atoms with Crippen LogP contribution in [0.15, 0.2) is 121 Å². The van der Waals surface area contributed by atoms with Gasteiger partial charge in [-0.25, -0.2) is 0 Å². The Kier molecular flexibility index (Phi) is 10.7. The van der Waals surface area contributed by atoms with Gasteiger partial charge in [0.05, 0.1) is 0 Å². The highest BCUT2D eigenvalue weighted by atomic mass is 28.5. The molecule has 0 radical (unpaired) electrons. The average Bonchev–Trinajstić information content (AvgIpc) is 3.03. The highest BCUT2D eigenvalue weighted by molar-refractivity contribution is 6.88. The third kappa shape index (κ3) is 6.98. The fourth-order valence-electron chi connectivity index (χ4n) is 4.21. The summed E-state index contributed by atoms with van der Waals surface area (Å²) in [6, 6.07) is 39.4. The molecule has 0 bridgehead atoms. The van der Waals surface area contributed by atoms with Crippen LogP contribution in [0.1, 0.15) is 0 Å². The van der Waals surface area contributed by atoms with Crippen molar-refractivity contribution < 1.29 is 30.0 Å². The van der Waals surface area contributed by atoms with E-state index in [0.29, 0.717) is 0 Å². The van der Waals surface area contributed by atoms with E-state index < -0.39 is 36.2 Å². The number of hydrogen-bond donors (Lipinski definition) is 0. The molecule has 39 heavy (non-hydrogen) atoms. The largest absolute Gasteiger partial charge is 0.527 e. The molecule has 2 unspecified atom stereocenters. The Balaban J connectivity index is 1.77. The highest BCUT2D eigenvalue weighted by Gasteiger charge is 2.49. The van der Waals surface area contributed by atoms with E-state index in [9.17, 15) is 0 Å². The second-order valence-corrected chi connectivity index (χ2v) is 19.2. The van der Waals surface area contributed by atoms with Crippen molar-refractivity contribution in [3.05, 3.63) is 121 Å². The standard InChI is InChI=1S/C28H34O7Si4/c1-29-38(30-2,27-21-13-7-14-22-27)34-36(25-17-9-5-10-18-25)33-37(26-19-11-6-12-20-26)35-39(31-3,32-4)28-23-15-8-16-24-28/h5-24,36-37H,1-4H3. The smallest absolute Gasteiger partial charge is 0.413 e. The van der Waals surface area contributed by atoms with Crippen LogP contribution in [-0.2, 0) is 30.0 Å². The zero-order valence-electron chi connectivity index (χ0n) is 22.6. The lowest BCUT2D eigenvalue weighted by Gasteiger charge is -2.35. The van der Waals surface area contributed by atoms with E-state index in [2.05, 4.69) is 0 Å². The molecule has 204 valence electrons. The monoisotopic (exact) mass is 594 g/mol. The molecule has 0 aromatic heterocycles. The Morgan fingerprint density at radius 2 is 0.692 bits per heavy atom. The van der Waals surface area contributed by atoms with Crippen molar-refractivity contribution in [2.75, 3.05) is 28.4 Å². The summed E-state index contributed by atoms with van der Waals surface area (Å²) in [4.78, 5) is 0. The van der Waals surface area contributed by atoms with Gasteiger partial charge in [0, 0.05) is 38.8 Å². The first-order chi connectivity index (χ1) is 19.1. The predicted octanol–water partition coefficient (Wildman–Crippen LogP) is 1.57. The molecule has 0 spiro atoms. The minimum absolute atomic E-state index is 0.854. The minimum Gasteiger partial charge on any atom is -0.413 e. The number of benzene rings is 4. The van der Waals surface area contributed by atoms with Crippen LogP contribution in [-0.4, -0.2) is 64.6 Å². The molecule has 4 rings (SSSR count). The first-order valence-corrected chi connectivity index (χ1v) is 19.0. The molecular weight excluding hydrogens is 561 g/mol. The van der Waals surface area contributed by atoms with E-state index in [4.69, 9.17) is 30.0 Å². The van der Waals surface area contributed by atoms with Crippen LogP contribution in [0.3, 0.4) is 0 Å². The number of hydrogen-bond acceptors (Lipinski definition) is 7. The molecule has 0 amide bonds. The minimum atomic E-state index is -3.32. The molecule has 0 N–H and O–H groups in total. The van der Waals surface area contributed by atoms with Crippen LogP contribution in [0.5, 0.6) is 0 Å². The zero-order valence-corrected chi connectivity index (χ0v) is 26.9. The van der Waals surface area contributed by atoms with Crippen molar-refractivity contribution in [3.8, 4) is 0 Å². The summed E-state index contributed by atoms with van der Waals surface area (Å²) < 4.78 is 44.7. The van der Waals surface area contributed by atoms with Gasteiger partial charge in [-0.2, -0.15) is 0 Å². The van der Waals surface area contributed by atoms with Crippen LogP contribution in [0.4, 0.5) is 0 Å². The lowest BCUT2D eigenvalue weighted by atomic mass is 10.4. The number of rotatable bonds is 14. The van der Waals surface area contributed by atoms with Crippen molar-refractivity contribution in [2.24, 2.45) is 0 Å². The van der Waals surface area contributed by atoms with Crippen molar-refractivity contribution in [3.63, 3.8) is 0 Å². The molecule has 0 aliphatic heterocycles. The molecular formula is C28H34O7Si4. The molecule has 2 atom stereocenters. The van der Waals surface area contributed by atoms with Gasteiger partial charge in [-0.3, -0.25) is 0 Å². The Morgan fingerprint density at radius 3 is 0.974 bits per heavy atom. The summed E-state index contributed by atoms with van der Waals surface area (Å²) in [6.07, 6.45) is 0. The second-order valence-electron chi connectivity index (χ2n) is 8.52. The van der Waals surface area contributed by atoms with Gasteiger partial charge in [0.15, 0.2) is 0 Å². The summed E-state index contributed by atoms with van der Waals surface area (Å²) in [6.45, 7) is 0. The van der Waals surface area contributed by atoms with E-state index in [1.54, 1.807) is 28.4 Å². The summed E-state index contributed by atoms with van der Waals surface area (Å²) in [5, 5.41) is 3.59. The zero-order chi connectivity index (χ0) is 27.6. The highest BCUT2D eigenvalue weighted by Crippen LogP contribution is 2.15. The Hall–Kier alpha value is -2.53. The topological polar surface area (TPSA) is 64.6 Å². The van der Waals surface area contributed by atoms with E-state index in [-0.39, 0.29) is 0 Å². The first-order valence-electron chi connectivity index (χ1n) is 12.5. The van der Waals surface area contributed by atoms with Gasteiger partial charge in [0.2, 0.25) is 0 Å². The predicted molar refractivity (Wildman–Crippen MR) is 161 cm³/mol. The van der Waals surface area contributed by atoms with Gasteiger partial charge >= 0.3 is 36.2 Å². The fraction of sp³-hybridized carbons (Fsp3) is 0.143. The van der Waals surface area contributed by atoms with E-state index in [0.717, 1.165) is 20.7 Å². The van der Waals surface area contributed by atoms with Crippen molar-refractivity contribution in [1.29, 1.82) is 0 Å². The van der Waals surface area contributed by atoms with Gasteiger partial charge in [-0.15, -0.1) is 0 Å². The van der Waals surface area contributed by atoms with Crippen LogP contribution in [0.25, 0.3) is 0 Å². The molecule has 4 aromatic carbocycles. The van der Waals surface area contributed by atoms with Gasteiger partial charge < -0.3 is 30.0 Å². The molecule has 7 nitrogen and oxygen atoms in total. The molecule has 4 aromatic rings. The summed E-state index contributed by atoms with van der Waals surface area (Å²) in [7, 11) is -5.57. The third-order valence-electron chi connectivity index (χ3n) is 6.24. The normalized spacial score (nSPS) is 13.6. The molecule has 0 aliphatic rings. The van der Waals surface area contributed by atoms with Gasteiger partial charge in [0.25, 0.3) is 0 Å². The van der Waals surface area contributed by atoms with E-state index >= 15 is 0 Å². The fourth-order valence-corrected chi connectivity index (χ4v) is 17.3. The van der Waals surface area contributed by atoms with E-state index in [1.165, 1.54) is 0 Å². The second kappa shape index (κ2) is 14.2. The summed E-state index contributed by atoms with van der Waals surface area (Å²) >= 11 is 0. The summed E-state index contributed by atoms with van der Waals surface area (Å²) in [5.74, 6) is 0. The van der Waals surface area contributed by atoms with Crippen LogP contribution < -0.4 is 20.7 Å². The average molecular weight is 595 g/mol. The van der Waals surface area contributed by atoms with Gasteiger partial charge in [0.1, 0.15) is 0 Å². The maximum Gasteiger partial charge on any atom is 0.527 e. The van der Waals surface area contributed by atoms with Crippen molar-refractivity contribution in [1.82, 2.24) is 0 Å². The Morgan fingerprint density at radius 1 is 0.410 bits per heavy atom. The molecule has 0 heterocycles. The SMILES string of the molecule is CO[Si](OC)(O[SiH](O[SiH](O[Si](OC)(OC)c1ccccc1)c1ccccc1)c1ccccc1)c1ccccc1. The third-order valence-corrected chi connectivity index (χ3v) is 18.5. The Labute approximate surface area is 236 Å².